The van der Waals surface area contributed by atoms with Gasteiger partial charge in [-0.25, -0.2) is 17.9 Å². The molecule has 0 bridgehead atoms. The summed E-state index contributed by atoms with van der Waals surface area (Å²) in [5.41, 5.74) is 0.447. The van der Waals surface area contributed by atoms with Crippen molar-refractivity contribution in [3.8, 4) is 5.75 Å². The minimum Gasteiger partial charge on any atom is -0.492 e. The van der Waals surface area contributed by atoms with E-state index >= 15 is 0 Å². The van der Waals surface area contributed by atoms with Gasteiger partial charge >= 0.3 is 6.03 Å². The van der Waals surface area contributed by atoms with Crippen molar-refractivity contribution < 1.29 is 27.5 Å². The van der Waals surface area contributed by atoms with Crippen LogP contribution in [0.2, 0.25) is 0 Å². The highest BCUT2D eigenvalue weighted by atomic mass is 32.2. The molecule has 33 heavy (non-hydrogen) atoms. The number of sulfonamides is 1. The zero-order valence-electron chi connectivity index (χ0n) is 19.5. The van der Waals surface area contributed by atoms with Gasteiger partial charge in [0.2, 0.25) is 12.3 Å². The van der Waals surface area contributed by atoms with Gasteiger partial charge in [0.05, 0.1) is 18.1 Å². The molecule has 1 aliphatic heterocycles. The summed E-state index contributed by atoms with van der Waals surface area (Å²) in [4.78, 5) is 35.8. The molecular formula is C22H32N4O6S. The highest BCUT2D eigenvalue weighted by Crippen LogP contribution is 2.43. The fourth-order valence-corrected chi connectivity index (χ4v) is 4.96. The number of rotatable bonds is 11. The molecule has 4 N–H and O–H groups in total. The lowest BCUT2D eigenvalue weighted by molar-refractivity contribution is -0.128. The van der Waals surface area contributed by atoms with E-state index in [9.17, 15) is 22.8 Å². The van der Waals surface area contributed by atoms with Gasteiger partial charge in [0, 0.05) is 12.2 Å². The molecule has 0 saturated carbocycles. The molecule has 2 atom stereocenters. The first-order valence-corrected chi connectivity index (χ1v) is 12.3. The number of amides is 4. The third-order valence-corrected chi connectivity index (χ3v) is 6.99. The predicted octanol–water partition coefficient (Wildman–Crippen LogP) is 2.09. The second kappa shape index (κ2) is 10.7. The fourth-order valence-electron chi connectivity index (χ4n) is 3.87. The zero-order valence-corrected chi connectivity index (χ0v) is 20.3. The largest absolute Gasteiger partial charge is 0.492 e. The van der Waals surface area contributed by atoms with Crippen molar-refractivity contribution in [1.82, 2.24) is 20.7 Å². The summed E-state index contributed by atoms with van der Waals surface area (Å²) in [6, 6.07) is 2.67. The number of carbonyl (C=O) groups is 3. The van der Waals surface area contributed by atoms with Gasteiger partial charge in [-0.3, -0.25) is 9.59 Å². The topological polar surface area (TPSA) is 143 Å². The van der Waals surface area contributed by atoms with Gasteiger partial charge in [0.25, 0.3) is 10.0 Å². The molecule has 0 aliphatic carbocycles. The number of benzene rings is 1. The molecule has 11 heteroatoms. The Bertz CT molecular complexity index is 1040. The van der Waals surface area contributed by atoms with Crippen molar-refractivity contribution in [3.05, 3.63) is 35.5 Å². The fraction of sp³-hybridized carbons (Fsp3) is 0.500. The van der Waals surface area contributed by atoms with E-state index in [4.69, 9.17) is 4.74 Å². The normalized spacial score (nSPS) is 18.8. The molecule has 1 aliphatic rings. The Morgan fingerprint density at radius 1 is 1.27 bits per heavy atom. The summed E-state index contributed by atoms with van der Waals surface area (Å²) in [5.74, 6) is -0.109. The Hall–Kier alpha value is -3.08. The molecular weight excluding hydrogens is 448 g/mol. The number of hydrogen-bond acceptors (Lipinski definition) is 6. The van der Waals surface area contributed by atoms with Gasteiger partial charge in [0.15, 0.2) is 0 Å². The third-order valence-electron chi connectivity index (χ3n) is 5.64. The molecule has 1 heterocycles. The van der Waals surface area contributed by atoms with E-state index in [-0.39, 0.29) is 35.6 Å². The number of carbonyl (C=O) groups excluding carboxylic acids is 3. The van der Waals surface area contributed by atoms with Crippen LogP contribution in [-0.2, 0) is 19.6 Å². The summed E-state index contributed by atoms with van der Waals surface area (Å²) in [7, 11) is -4.29. The lowest BCUT2D eigenvalue weighted by Gasteiger charge is -2.31. The van der Waals surface area contributed by atoms with E-state index < -0.39 is 27.5 Å². The summed E-state index contributed by atoms with van der Waals surface area (Å²) >= 11 is 0. The standard InChI is InChI=1S/C22H32N4O6S/c1-6-22(15(5)12-23-20(22)28)11-17(24-13-27)16-8-9-18(32-7-2)19(10-16)33(30,31)26-21(29)25-14(3)4/h8-10,12-14,17H,6-7,11H2,1-5H3,(H,23,28)(H,24,27)(H2,25,26,29). The second-order valence-electron chi connectivity index (χ2n) is 8.15. The van der Waals surface area contributed by atoms with Crippen LogP contribution in [0, 0.1) is 5.41 Å². The Morgan fingerprint density at radius 3 is 2.48 bits per heavy atom. The molecule has 4 amide bonds. The molecule has 0 saturated heterocycles. The third kappa shape index (κ3) is 5.84. The van der Waals surface area contributed by atoms with Gasteiger partial charge in [-0.1, -0.05) is 13.0 Å². The van der Waals surface area contributed by atoms with Gasteiger partial charge in [-0.2, -0.15) is 0 Å². The van der Waals surface area contributed by atoms with Gasteiger partial charge in [-0.15, -0.1) is 0 Å². The SMILES string of the molecule is CCOc1ccc(C(CC2(CC)C(=O)NC=C2C)NC=O)cc1S(=O)(=O)NC(=O)NC(C)C. The summed E-state index contributed by atoms with van der Waals surface area (Å²) in [5, 5.41) is 7.89. The van der Waals surface area contributed by atoms with Crippen LogP contribution in [0.15, 0.2) is 34.9 Å². The molecule has 2 unspecified atom stereocenters. The zero-order chi connectivity index (χ0) is 24.8. The van der Waals surface area contributed by atoms with Crippen LogP contribution in [0.25, 0.3) is 0 Å². The van der Waals surface area contributed by atoms with E-state index in [2.05, 4.69) is 16.0 Å². The first kappa shape index (κ1) is 26.2. The van der Waals surface area contributed by atoms with Gasteiger partial charge < -0.3 is 20.7 Å². The number of ether oxygens (including phenoxy) is 1. The molecule has 0 spiro atoms. The van der Waals surface area contributed by atoms with Crippen LogP contribution in [0.1, 0.15) is 59.1 Å². The van der Waals surface area contributed by atoms with E-state index in [1.54, 1.807) is 33.0 Å². The molecule has 10 nitrogen and oxygen atoms in total. The van der Waals surface area contributed by atoms with Crippen molar-refractivity contribution in [2.75, 3.05) is 6.61 Å². The van der Waals surface area contributed by atoms with Crippen LogP contribution >= 0.6 is 0 Å². The monoisotopic (exact) mass is 480 g/mol. The molecule has 0 fully saturated rings. The average molecular weight is 481 g/mol. The van der Waals surface area contributed by atoms with Crippen LogP contribution in [0.5, 0.6) is 5.75 Å². The molecule has 0 radical (unpaired) electrons. The van der Waals surface area contributed by atoms with Crippen molar-refractivity contribution in [2.45, 2.75) is 64.4 Å². The van der Waals surface area contributed by atoms with E-state index in [0.29, 0.717) is 18.4 Å². The molecule has 0 aromatic heterocycles. The van der Waals surface area contributed by atoms with Crippen molar-refractivity contribution in [1.29, 1.82) is 0 Å². The Kier molecular flexibility index (Phi) is 8.48. The molecule has 1 aromatic rings. The predicted molar refractivity (Wildman–Crippen MR) is 123 cm³/mol. The second-order valence-corrected chi connectivity index (χ2v) is 9.80. The van der Waals surface area contributed by atoms with Gasteiger partial charge in [0.1, 0.15) is 10.6 Å². The van der Waals surface area contributed by atoms with Crippen molar-refractivity contribution >= 4 is 28.4 Å². The lowest BCUT2D eigenvalue weighted by atomic mass is 9.73. The summed E-state index contributed by atoms with van der Waals surface area (Å²) in [6.07, 6.45) is 2.89. The molecule has 182 valence electrons. The maximum Gasteiger partial charge on any atom is 0.328 e. The van der Waals surface area contributed by atoms with Crippen molar-refractivity contribution in [3.63, 3.8) is 0 Å². The first-order valence-electron chi connectivity index (χ1n) is 10.8. The maximum atomic E-state index is 13.0. The van der Waals surface area contributed by atoms with Gasteiger partial charge in [-0.05, 0) is 63.8 Å². The first-order chi connectivity index (χ1) is 15.5. The Morgan fingerprint density at radius 2 is 1.97 bits per heavy atom. The van der Waals surface area contributed by atoms with E-state index in [1.807, 2.05) is 18.6 Å². The minimum atomic E-state index is -4.29. The highest BCUT2D eigenvalue weighted by Gasteiger charge is 2.44. The minimum absolute atomic E-state index is 0.0656. The smallest absolute Gasteiger partial charge is 0.328 e. The van der Waals surface area contributed by atoms with Crippen LogP contribution in [0.4, 0.5) is 4.79 Å². The van der Waals surface area contributed by atoms with E-state index in [0.717, 1.165) is 5.57 Å². The molecule has 2 rings (SSSR count). The highest BCUT2D eigenvalue weighted by molar-refractivity contribution is 7.90. The number of hydrogen-bond donors (Lipinski definition) is 4. The summed E-state index contributed by atoms with van der Waals surface area (Å²) in [6.45, 7) is 9.04. The average Bonchev–Trinajstić information content (AvgIpc) is 3.01. The lowest BCUT2D eigenvalue weighted by Crippen LogP contribution is -2.42. The summed E-state index contributed by atoms with van der Waals surface area (Å²) < 4.78 is 33.5. The van der Waals surface area contributed by atoms with E-state index in [1.165, 1.54) is 12.1 Å². The Balaban J connectivity index is 2.50. The van der Waals surface area contributed by atoms with Crippen LogP contribution in [0.3, 0.4) is 0 Å². The Labute approximate surface area is 194 Å². The van der Waals surface area contributed by atoms with Crippen molar-refractivity contribution in [2.24, 2.45) is 5.41 Å². The van der Waals surface area contributed by atoms with Crippen LogP contribution in [-0.4, -0.2) is 39.4 Å². The maximum absolute atomic E-state index is 13.0. The van der Waals surface area contributed by atoms with Crippen LogP contribution < -0.4 is 25.4 Å². The number of urea groups is 1. The quantitative estimate of drug-likeness (QED) is 0.357. The molecule has 1 aromatic carbocycles. The number of nitrogens with one attached hydrogen (secondary N) is 4.